The number of ether oxygens (including phenoxy) is 1. The minimum absolute atomic E-state index is 0.195. The van der Waals surface area contributed by atoms with Gasteiger partial charge >= 0.3 is 0 Å². The molecule has 6 heteroatoms. The van der Waals surface area contributed by atoms with Crippen molar-refractivity contribution in [2.75, 3.05) is 7.11 Å². The third kappa shape index (κ3) is 2.96. The predicted molar refractivity (Wildman–Crippen MR) is 73.0 cm³/mol. The molecule has 2 nitrogen and oxygen atoms in total. The fourth-order valence-electron chi connectivity index (χ4n) is 1.90. The van der Waals surface area contributed by atoms with Crippen LogP contribution >= 0.6 is 15.9 Å². The van der Waals surface area contributed by atoms with Gasteiger partial charge in [0.05, 0.1) is 17.6 Å². The Balaban J connectivity index is 2.52. The lowest BCUT2D eigenvalue weighted by Crippen LogP contribution is -2.14. The molecule has 1 atom stereocenters. The third-order valence-corrected chi connectivity index (χ3v) is 3.46. The Morgan fingerprint density at radius 1 is 1.05 bits per heavy atom. The summed E-state index contributed by atoms with van der Waals surface area (Å²) in [4.78, 5) is 0. The first-order valence-corrected chi connectivity index (χ1v) is 6.46. The third-order valence-electron chi connectivity index (χ3n) is 2.85. The van der Waals surface area contributed by atoms with Crippen LogP contribution in [0.2, 0.25) is 0 Å². The van der Waals surface area contributed by atoms with Crippen LogP contribution < -0.4 is 10.5 Å². The van der Waals surface area contributed by atoms with Crippen LogP contribution in [0.1, 0.15) is 17.2 Å². The highest BCUT2D eigenvalue weighted by Gasteiger charge is 2.18. The lowest BCUT2D eigenvalue weighted by atomic mass is 9.98. The largest absolute Gasteiger partial charge is 0.496 e. The second kappa shape index (κ2) is 5.85. The summed E-state index contributed by atoms with van der Waals surface area (Å²) in [5, 5.41) is 0. The molecule has 0 radical (unpaired) electrons. The summed E-state index contributed by atoms with van der Waals surface area (Å²) in [5.74, 6) is -1.75. The number of rotatable bonds is 3. The highest BCUT2D eigenvalue weighted by atomic mass is 79.9. The molecule has 2 N–H and O–H groups in total. The molecule has 0 aliphatic heterocycles. The van der Waals surface area contributed by atoms with Gasteiger partial charge in [-0.2, -0.15) is 0 Å². The maximum atomic E-state index is 13.5. The molecule has 0 heterocycles. The van der Waals surface area contributed by atoms with Gasteiger partial charge < -0.3 is 10.5 Å². The normalized spacial score (nSPS) is 12.3. The summed E-state index contributed by atoms with van der Waals surface area (Å²) in [6.07, 6.45) is 0. The van der Waals surface area contributed by atoms with E-state index in [1.807, 2.05) is 0 Å². The van der Waals surface area contributed by atoms with E-state index in [-0.39, 0.29) is 15.8 Å². The minimum atomic E-state index is -0.841. The van der Waals surface area contributed by atoms with Gasteiger partial charge in [0, 0.05) is 17.7 Å². The molecule has 0 aliphatic carbocycles. The van der Waals surface area contributed by atoms with E-state index in [1.54, 1.807) is 0 Å². The summed E-state index contributed by atoms with van der Waals surface area (Å²) in [6.45, 7) is 0. The van der Waals surface area contributed by atoms with E-state index in [2.05, 4.69) is 15.9 Å². The van der Waals surface area contributed by atoms with Crippen LogP contribution in [0.3, 0.4) is 0 Å². The Bertz CT molecular complexity index is 628. The summed E-state index contributed by atoms with van der Waals surface area (Å²) in [5.41, 5.74) is 6.65. The van der Waals surface area contributed by atoms with E-state index >= 15 is 0 Å². The Hall–Kier alpha value is -1.53. The number of hydrogen-bond acceptors (Lipinski definition) is 2. The van der Waals surface area contributed by atoms with Crippen molar-refractivity contribution in [3.05, 3.63) is 63.4 Å². The van der Waals surface area contributed by atoms with Crippen molar-refractivity contribution in [3.63, 3.8) is 0 Å². The van der Waals surface area contributed by atoms with Crippen LogP contribution in [0.15, 0.2) is 34.8 Å². The lowest BCUT2D eigenvalue weighted by molar-refractivity contribution is 0.403. The SMILES string of the molecule is COc1cc(F)c(Br)cc1C(N)c1cc(F)cc(F)c1. The van der Waals surface area contributed by atoms with Crippen molar-refractivity contribution in [1.82, 2.24) is 0 Å². The van der Waals surface area contributed by atoms with E-state index in [9.17, 15) is 13.2 Å². The van der Waals surface area contributed by atoms with E-state index in [0.717, 1.165) is 24.3 Å². The average Bonchev–Trinajstić information content (AvgIpc) is 2.39. The minimum Gasteiger partial charge on any atom is -0.496 e. The van der Waals surface area contributed by atoms with E-state index in [0.29, 0.717) is 5.56 Å². The van der Waals surface area contributed by atoms with Gasteiger partial charge in [-0.3, -0.25) is 0 Å². The summed E-state index contributed by atoms with van der Waals surface area (Å²) < 4.78 is 45.2. The van der Waals surface area contributed by atoms with Crippen molar-refractivity contribution in [3.8, 4) is 5.75 Å². The molecule has 1 unspecified atom stereocenters. The molecular formula is C14H11BrF3NO. The van der Waals surface area contributed by atoms with Crippen LogP contribution in [0.25, 0.3) is 0 Å². The van der Waals surface area contributed by atoms with Crippen LogP contribution in [0.5, 0.6) is 5.75 Å². The second-order valence-electron chi connectivity index (χ2n) is 4.19. The van der Waals surface area contributed by atoms with Gasteiger partial charge in [0.1, 0.15) is 23.2 Å². The quantitative estimate of drug-likeness (QED) is 0.914. The summed E-state index contributed by atoms with van der Waals surface area (Å²) in [6, 6.07) is 4.77. The van der Waals surface area contributed by atoms with Gasteiger partial charge in [-0.15, -0.1) is 0 Å². The monoisotopic (exact) mass is 345 g/mol. The Labute approximate surface area is 122 Å². The number of methoxy groups -OCH3 is 1. The van der Waals surface area contributed by atoms with Crippen LogP contribution in [0, 0.1) is 17.5 Å². The molecule has 2 aromatic carbocycles. The van der Waals surface area contributed by atoms with Crippen molar-refractivity contribution in [1.29, 1.82) is 0 Å². The second-order valence-corrected chi connectivity index (χ2v) is 5.04. The average molecular weight is 346 g/mol. The molecule has 20 heavy (non-hydrogen) atoms. The van der Waals surface area contributed by atoms with Crippen molar-refractivity contribution >= 4 is 15.9 Å². The molecule has 0 bridgehead atoms. The number of halogens is 4. The number of hydrogen-bond donors (Lipinski definition) is 1. The zero-order valence-electron chi connectivity index (χ0n) is 10.5. The van der Waals surface area contributed by atoms with Crippen molar-refractivity contribution in [2.24, 2.45) is 5.73 Å². The number of benzene rings is 2. The van der Waals surface area contributed by atoms with Gasteiger partial charge in [0.25, 0.3) is 0 Å². The van der Waals surface area contributed by atoms with Crippen molar-refractivity contribution in [2.45, 2.75) is 6.04 Å². The van der Waals surface area contributed by atoms with Gasteiger partial charge in [-0.1, -0.05) is 0 Å². The van der Waals surface area contributed by atoms with Gasteiger partial charge in [0.2, 0.25) is 0 Å². The molecule has 2 aromatic rings. The zero-order chi connectivity index (χ0) is 14.9. The van der Waals surface area contributed by atoms with E-state index < -0.39 is 23.5 Å². The van der Waals surface area contributed by atoms with E-state index in [1.165, 1.54) is 13.2 Å². The predicted octanol–water partition coefficient (Wildman–Crippen LogP) is 3.92. The van der Waals surface area contributed by atoms with Gasteiger partial charge in [0.15, 0.2) is 0 Å². The molecule has 0 aromatic heterocycles. The fourth-order valence-corrected chi connectivity index (χ4v) is 2.26. The van der Waals surface area contributed by atoms with Gasteiger partial charge in [-0.05, 0) is 39.7 Å². The van der Waals surface area contributed by atoms with Crippen LogP contribution in [-0.2, 0) is 0 Å². The van der Waals surface area contributed by atoms with Crippen LogP contribution in [-0.4, -0.2) is 7.11 Å². The van der Waals surface area contributed by atoms with E-state index in [4.69, 9.17) is 10.5 Å². The molecule has 0 saturated heterocycles. The molecule has 0 amide bonds. The first-order valence-electron chi connectivity index (χ1n) is 5.67. The molecule has 0 spiro atoms. The molecule has 2 rings (SSSR count). The molecule has 106 valence electrons. The standard InChI is InChI=1S/C14H11BrF3NO/c1-20-13-6-12(18)11(15)5-10(13)14(19)7-2-8(16)4-9(17)3-7/h2-6,14H,19H2,1H3. The smallest absolute Gasteiger partial charge is 0.141 e. The molecule has 0 aliphatic rings. The summed E-state index contributed by atoms with van der Waals surface area (Å²) in [7, 11) is 1.37. The Kier molecular flexibility index (Phi) is 4.35. The molecular weight excluding hydrogens is 335 g/mol. The van der Waals surface area contributed by atoms with Crippen molar-refractivity contribution < 1.29 is 17.9 Å². The highest BCUT2D eigenvalue weighted by molar-refractivity contribution is 9.10. The molecule has 0 fully saturated rings. The van der Waals surface area contributed by atoms with Crippen LogP contribution in [0.4, 0.5) is 13.2 Å². The lowest BCUT2D eigenvalue weighted by Gasteiger charge is -2.17. The maximum absolute atomic E-state index is 13.5. The highest BCUT2D eigenvalue weighted by Crippen LogP contribution is 2.33. The summed E-state index contributed by atoms with van der Waals surface area (Å²) >= 11 is 3.04. The fraction of sp³-hybridized carbons (Fsp3) is 0.143. The topological polar surface area (TPSA) is 35.2 Å². The molecule has 0 saturated carbocycles. The first-order chi connectivity index (χ1) is 9.42. The number of nitrogens with two attached hydrogens (primary N) is 1. The maximum Gasteiger partial charge on any atom is 0.141 e. The Morgan fingerprint density at radius 3 is 2.20 bits per heavy atom. The first kappa shape index (κ1) is 14.9. The Morgan fingerprint density at radius 2 is 1.65 bits per heavy atom. The zero-order valence-corrected chi connectivity index (χ0v) is 12.0. The van der Waals surface area contributed by atoms with Gasteiger partial charge in [-0.25, -0.2) is 13.2 Å².